The third kappa shape index (κ3) is 3.29. The molecule has 0 fully saturated rings. The summed E-state index contributed by atoms with van der Waals surface area (Å²) in [5.74, 6) is 1.76. The lowest BCUT2D eigenvalue weighted by Crippen LogP contribution is -2.12. The maximum Gasteiger partial charge on any atom is 0.130 e. The van der Waals surface area contributed by atoms with Crippen LogP contribution in [-0.4, -0.2) is 30.7 Å². The SMILES string of the molecule is CNCCc1nccc(-c2ccc(OC)c(C)c2)n1. The van der Waals surface area contributed by atoms with Crippen molar-refractivity contribution in [1.29, 1.82) is 0 Å². The van der Waals surface area contributed by atoms with Crippen LogP contribution in [0.1, 0.15) is 11.4 Å². The normalized spacial score (nSPS) is 10.5. The van der Waals surface area contributed by atoms with Crippen LogP contribution in [0.5, 0.6) is 5.75 Å². The largest absolute Gasteiger partial charge is 0.496 e. The molecule has 2 aromatic rings. The summed E-state index contributed by atoms with van der Waals surface area (Å²) < 4.78 is 5.27. The van der Waals surface area contributed by atoms with E-state index >= 15 is 0 Å². The molecule has 0 radical (unpaired) electrons. The highest BCUT2D eigenvalue weighted by Gasteiger charge is 2.05. The van der Waals surface area contributed by atoms with Gasteiger partial charge in [0.25, 0.3) is 0 Å². The number of aromatic nitrogens is 2. The first kappa shape index (κ1) is 13.5. The Morgan fingerprint density at radius 2 is 2.11 bits per heavy atom. The summed E-state index contributed by atoms with van der Waals surface area (Å²) in [5, 5.41) is 3.10. The number of nitrogens with one attached hydrogen (secondary N) is 1. The highest BCUT2D eigenvalue weighted by Crippen LogP contribution is 2.24. The van der Waals surface area contributed by atoms with Gasteiger partial charge in [-0.15, -0.1) is 0 Å². The maximum absolute atomic E-state index is 5.27. The number of rotatable bonds is 5. The Labute approximate surface area is 113 Å². The smallest absolute Gasteiger partial charge is 0.130 e. The molecule has 4 nitrogen and oxygen atoms in total. The van der Waals surface area contributed by atoms with Gasteiger partial charge in [-0.25, -0.2) is 9.97 Å². The van der Waals surface area contributed by atoms with Crippen LogP contribution in [0.3, 0.4) is 0 Å². The van der Waals surface area contributed by atoms with E-state index in [-0.39, 0.29) is 0 Å². The van der Waals surface area contributed by atoms with Crippen molar-refractivity contribution >= 4 is 0 Å². The molecule has 1 aromatic heterocycles. The number of nitrogens with zero attached hydrogens (tertiary/aromatic N) is 2. The molecule has 0 unspecified atom stereocenters. The van der Waals surface area contributed by atoms with Gasteiger partial charge >= 0.3 is 0 Å². The number of aryl methyl sites for hydroxylation is 1. The van der Waals surface area contributed by atoms with E-state index in [2.05, 4.69) is 21.4 Å². The van der Waals surface area contributed by atoms with E-state index in [9.17, 15) is 0 Å². The Morgan fingerprint density at radius 1 is 1.26 bits per heavy atom. The van der Waals surface area contributed by atoms with Crippen molar-refractivity contribution in [2.75, 3.05) is 20.7 Å². The van der Waals surface area contributed by atoms with E-state index in [1.807, 2.05) is 38.4 Å². The van der Waals surface area contributed by atoms with Crippen LogP contribution in [0.15, 0.2) is 30.5 Å². The van der Waals surface area contributed by atoms with Gasteiger partial charge in [-0.05, 0) is 43.8 Å². The lowest BCUT2D eigenvalue weighted by Gasteiger charge is -2.08. The van der Waals surface area contributed by atoms with Crippen molar-refractivity contribution in [1.82, 2.24) is 15.3 Å². The van der Waals surface area contributed by atoms with Crippen LogP contribution in [0, 0.1) is 6.92 Å². The molecule has 4 heteroatoms. The van der Waals surface area contributed by atoms with Gasteiger partial charge in [-0.2, -0.15) is 0 Å². The van der Waals surface area contributed by atoms with Crippen LogP contribution in [0.25, 0.3) is 11.3 Å². The molecule has 2 rings (SSSR count). The second kappa shape index (κ2) is 6.29. The molecule has 19 heavy (non-hydrogen) atoms. The predicted octanol–water partition coefficient (Wildman–Crippen LogP) is 2.22. The number of methoxy groups -OCH3 is 1. The minimum atomic E-state index is 0.833. The molecule has 1 heterocycles. The van der Waals surface area contributed by atoms with Crippen molar-refractivity contribution in [3.63, 3.8) is 0 Å². The van der Waals surface area contributed by atoms with E-state index in [0.29, 0.717) is 0 Å². The Balaban J connectivity index is 2.28. The summed E-state index contributed by atoms with van der Waals surface area (Å²) in [6.07, 6.45) is 2.65. The zero-order valence-corrected chi connectivity index (χ0v) is 11.6. The zero-order chi connectivity index (χ0) is 13.7. The number of hydrogen-bond acceptors (Lipinski definition) is 4. The summed E-state index contributed by atoms with van der Waals surface area (Å²) in [6, 6.07) is 8.02. The van der Waals surface area contributed by atoms with E-state index in [4.69, 9.17) is 4.74 Å². The van der Waals surface area contributed by atoms with Gasteiger partial charge in [-0.3, -0.25) is 0 Å². The molecular formula is C15H19N3O. The van der Waals surface area contributed by atoms with E-state index < -0.39 is 0 Å². The van der Waals surface area contributed by atoms with Crippen molar-refractivity contribution in [3.05, 3.63) is 41.9 Å². The van der Waals surface area contributed by atoms with Crippen molar-refractivity contribution < 1.29 is 4.74 Å². The summed E-state index contributed by atoms with van der Waals surface area (Å²) in [4.78, 5) is 8.87. The first-order valence-corrected chi connectivity index (χ1v) is 6.36. The topological polar surface area (TPSA) is 47.0 Å². The summed E-state index contributed by atoms with van der Waals surface area (Å²) in [5.41, 5.74) is 3.15. The van der Waals surface area contributed by atoms with Gasteiger partial charge in [0.05, 0.1) is 12.8 Å². The molecule has 1 N–H and O–H groups in total. The molecular weight excluding hydrogens is 238 g/mol. The third-order valence-corrected chi connectivity index (χ3v) is 2.99. The fourth-order valence-electron chi connectivity index (χ4n) is 1.95. The fraction of sp³-hybridized carbons (Fsp3) is 0.333. The van der Waals surface area contributed by atoms with Crippen LogP contribution >= 0.6 is 0 Å². The maximum atomic E-state index is 5.27. The Morgan fingerprint density at radius 3 is 2.79 bits per heavy atom. The zero-order valence-electron chi connectivity index (χ0n) is 11.6. The highest BCUT2D eigenvalue weighted by molar-refractivity contribution is 5.61. The van der Waals surface area contributed by atoms with E-state index in [1.165, 1.54) is 0 Å². The second-order valence-electron chi connectivity index (χ2n) is 4.40. The minimum absolute atomic E-state index is 0.833. The van der Waals surface area contributed by atoms with Crippen molar-refractivity contribution in [3.8, 4) is 17.0 Å². The van der Waals surface area contributed by atoms with Crippen molar-refractivity contribution in [2.24, 2.45) is 0 Å². The number of hydrogen-bond donors (Lipinski definition) is 1. The molecule has 0 saturated carbocycles. The molecule has 1 aromatic carbocycles. The summed E-state index contributed by atoms with van der Waals surface area (Å²) >= 11 is 0. The molecule has 0 amide bonds. The molecule has 0 aliphatic heterocycles. The number of benzene rings is 1. The monoisotopic (exact) mass is 257 g/mol. The molecule has 0 aliphatic carbocycles. The fourth-order valence-corrected chi connectivity index (χ4v) is 1.95. The Bertz CT molecular complexity index is 555. The standard InChI is InChI=1S/C15H19N3O/c1-11-10-12(4-5-14(11)19-3)13-6-9-17-15(18-13)7-8-16-2/h4-6,9-10,16H,7-8H2,1-3H3. The van der Waals surface area contributed by atoms with Gasteiger partial charge in [-0.1, -0.05) is 0 Å². The lowest BCUT2D eigenvalue weighted by atomic mass is 10.1. The van der Waals surface area contributed by atoms with Crippen LogP contribution in [0.4, 0.5) is 0 Å². The van der Waals surface area contributed by atoms with Gasteiger partial charge < -0.3 is 10.1 Å². The average Bonchev–Trinajstić information content (AvgIpc) is 2.45. The van der Waals surface area contributed by atoms with Crippen molar-refractivity contribution in [2.45, 2.75) is 13.3 Å². The number of likely N-dealkylation sites (N-methyl/N-ethyl adjacent to an activating group) is 1. The average molecular weight is 257 g/mol. The molecule has 100 valence electrons. The minimum Gasteiger partial charge on any atom is -0.496 e. The first-order valence-electron chi connectivity index (χ1n) is 6.36. The van der Waals surface area contributed by atoms with Gasteiger partial charge in [0.1, 0.15) is 11.6 Å². The molecule has 0 aliphatic rings. The molecule has 0 spiro atoms. The highest BCUT2D eigenvalue weighted by atomic mass is 16.5. The molecule has 0 saturated heterocycles. The van der Waals surface area contributed by atoms with Crippen LogP contribution in [0.2, 0.25) is 0 Å². The molecule has 0 bridgehead atoms. The number of ether oxygens (including phenoxy) is 1. The van der Waals surface area contributed by atoms with Gasteiger partial charge in [0.2, 0.25) is 0 Å². The summed E-state index contributed by atoms with van der Waals surface area (Å²) in [7, 11) is 3.61. The van der Waals surface area contributed by atoms with E-state index in [1.54, 1.807) is 7.11 Å². The Kier molecular flexibility index (Phi) is 4.47. The first-order chi connectivity index (χ1) is 9.24. The lowest BCUT2D eigenvalue weighted by molar-refractivity contribution is 0.412. The predicted molar refractivity (Wildman–Crippen MR) is 76.4 cm³/mol. The molecule has 0 atom stereocenters. The van der Waals surface area contributed by atoms with E-state index in [0.717, 1.165) is 41.4 Å². The third-order valence-electron chi connectivity index (χ3n) is 2.99. The second-order valence-corrected chi connectivity index (χ2v) is 4.40. The van der Waals surface area contributed by atoms with Crippen LogP contribution in [-0.2, 0) is 6.42 Å². The summed E-state index contributed by atoms with van der Waals surface area (Å²) in [6.45, 7) is 2.91. The van der Waals surface area contributed by atoms with Gasteiger partial charge in [0, 0.05) is 24.7 Å². The Hall–Kier alpha value is -1.94. The quantitative estimate of drug-likeness (QED) is 0.892. The van der Waals surface area contributed by atoms with Gasteiger partial charge in [0.15, 0.2) is 0 Å². The van der Waals surface area contributed by atoms with Crippen LogP contribution < -0.4 is 10.1 Å².